The van der Waals surface area contributed by atoms with Crippen molar-refractivity contribution >= 4 is 28.9 Å². The van der Waals surface area contributed by atoms with E-state index in [1.807, 2.05) is 31.1 Å². The Morgan fingerprint density at radius 3 is 2.45 bits per heavy atom. The predicted octanol–water partition coefficient (Wildman–Crippen LogP) is 2.74. The Hall–Kier alpha value is -2.76. The number of carboxylic acid groups (broad SMARTS) is 1. The van der Waals surface area contributed by atoms with Gasteiger partial charge in [-0.15, -0.1) is 11.3 Å². The molecule has 0 radical (unpaired) electrons. The fourth-order valence-corrected chi connectivity index (χ4v) is 5.02. The van der Waals surface area contributed by atoms with Crippen molar-refractivity contribution in [3.05, 3.63) is 57.9 Å². The summed E-state index contributed by atoms with van der Waals surface area (Å²) in [6, 6.07) is 7.09. The highest BCUT2D eigenvalue weighted by Crippen LogP contribution is 2.40. The first-order valence-corrected chi connectivity index (χ1v) is 13.6. The number of hydrogen-bond donors (Lipinski definition) is 5. The smallest absolute Gasteiger partial charge is 0.490 e. The van der Waals surface area contributed by atoms with Crippen molar-refractivity contribution in [1.82, 2.24) is 9.88 Å². The van der Waals surface area contributed by atoms with E-state index in [1.165, 1.54) is 11.3 Å². The maximum atomic E-state index is 10.7. The van der Waals surface area contributed by atoms with E-state index in [0.717, 1.165) is 21.2 Å². The van der Waals surface area contributed by atoms with Crippen LogP contribution in [0.15, 0.2) is 41.1 Å². The van der Waals surface area contributed by atoms with Crippen molar-refractivity contribution in [3.63, 3.8) is 0 Å². The number of aliphatic hydroxyl groups is 4. The summed E-state index contributed by atoms with van der Waals surface area (Å²) in [5.41, 5.74) is 1.18. The van der Waals surface area contributed by atoms with Gasteiger partial charge < -0.3 is 44.3 Å². The van der Waals surface area contributed by atoms with Crippen molar-refractivity contribution in [3.8, 4) is 16.4 Å². The maximum absolute atomic E-state index is 10.7. The summed E-state index contributed by atoms with van der Waals surface area (Å²) in [6.45, 7) is 0.474. The predicted molar refractivity (Wildman–Crippen MR) is 145 cm³/mol. The second kappa shape index (κ2) is 14.6. The van der Waals surface area contributed by atoms with Gasteiger partial charge in [0.05, 0.1) is 22.8 Å². The molecular weight excluding hydrogens is 609 g/mol. The fraction of sp³-hybridized carbons (Fsp3) is 0.462. The van der Waals surface area contributed by atoms with Crippen molar-refractivity contribution < 1.29 is 57.4 Å². The number of aromatic nitrogens is 1. The summed E-state index contributed by atoms with van der Waals surface area (Å²) < 4.78 is 49.0. The number of hydrogen-bond acceptors (Lipinski definition) is 11. The zero-order valence-electron chi connectivity index (χ0n) is 22.4. The minimum Gasteiger partial charge on any atom is -0.492 e. The molecule has 0 saturated carbocycles. The van der Waals surface area contributed by atoms with Crippen molar-refractivity contribution in [1.29, 1.82) is 0 Å². The number of rotatable bonds is 9. The Balaban J connectivity index is 0.000000616. The van der Waals surface area contributed by atoms with E-state index in [2.05, 4.69) is 4.98 Å². The SMILES string of the molecule is CN(C)CCOc1cc(Cl)c(Cc2ncc(-c3ccco3)s2)cc1[C@@H]1O[C@H](CO)[C@@H](O)[C@H](O)[C@H]1O.O=C(O)C(F)(F)F. The van der Waals surface area contributed by atoms with Crippen LogP contribution in [0.4, 0.5) is 13.2 Å². The summed E-state index contributed by atoms with van der Waals surface area (Å²) in [4.78, 5) is 16.2. The normalized spacial score (nSPS) is 22.5. The van der Waals surface area contributed by atoms with Gasteiger partial charge in [0.15, 0.2) is 0 Å². The Labute approximate surface area is 247 Å². The van der Waals surface area contributed by atoms with Crippen LogP contribution in [0.2, 0.25) is 5.02 Å². The number of ether oxygens (including phenoxy) is 2. The minimum absolute atomic E-state index is 0.353. The first kappa shape index (κ1) is 33.7. The highest BCUT2D eigenvalue weighted by molar-refractivity contribution is 7.15. The first-order chi connectivity index (χ1) is 19.7. The number of benzene rings is 1. The number of carbonyl (C=O) groups is 1. The van der Waals surface area contributed by atoms with E-state index in [-0.39, 0.29) is 0 Å². The molecule has 0 spiro atoms. The number of aliphatic carboxylic acids is 1. The molecule has 1 aromatic carbocycles. The molecule has 42 heavy (non-hydrogen) atoms. The molecule has 1 aliphatic rings. The topological polar surface area (TPSA) is 166 Å². The van der Waals surface area contributed by atoms with Gasteiger partial charge in [0, 0.05) is 29.7 Å². The summed E-state index contributed by atoms with van der Waals surface area (Å²) >= 11 is 8.09. The summed E-state index contributed by atoms with van der Waals surface area (Å²) in [6.07, 6.45) is -7.82. The molecule has 3 heterocycles. The Morgan fingerprint density at radius 2 is 1.88 bits per heavy atom. The average molecular weight is 639 g/mol. The molecule has 232 valence electrons. The van der Waals surface area contributed by atoms with Crippen LogP contribution in [0, 0.1) is 0 Å². The quantitative estimate of drug-likeness (QED) is 0.234. The van der Waals surface area contributed by atoms with Gasteiger partial charge in [-0.25, -0.2) is 9.78 Å². The summed E-state index contributed by atoms with van der Waals surface area (Å²) in [5, 5.41) is 49.3. The molecule has 1 fully saturated rings. The van der Waals surface area contributed by atoms with Crippen LogP contribution >= 0.6 is 22.9 Å². The van der Waals surface area contributed by atoms with Gasteiger partial charge in [0.25, 0.3) is 0 Å². The average Bonchev–Trinajstić information content (AvgIpc) is 3.61. The Bertz CT molecular complexity index is 1300. The van der Waals surface area contributed by atoms with Crippen molar-refractivity contribution in [2.45, 2.75) is 43.1 Å². The van der Waals surface area contributed by atoms with Gasteiger partial charge in [-0.05, 0) is 43.9 Å². The van der Waals surface area contributed by atoms with Crippen LogP contribution < -0.4 is 4.74 Å². The van der Waals surface area contributed by atoms with Gasteiger partial charge in [0.2, 0.25) is 0 Å². The lowest BCUT2D eigenvalue weighted by molar-refractivity contribution is -0.232. The highest BCUT2D eigenvalue weighted by Gasteiger charge is 2.45. The fourth-order valence-electron chi connectivity index (χ4n) is 3.89. The van der Waals surface area contributed by atoms with Crippen LogP contribution in [0.1, 0.15) is 22.2 Å². The van der Waals surface area contributed by atoms with Gasteiger partial charge >= 0.3 is 12.1 Å². The van der Waals surface area contributed by atoms with Crippen molar-refractivity contribution in [2.24, 2.45) is 0 Å². The molecule has 16 heteroatoms. The first-order valence-electron chi connectivity index (χ1n) is 12.4. The number of thiazole rings is 1. The second-order valence-corrected chi connectivity index (χ2v) is 11.0. The van der Waals surface area contributed by atoms with Crippen LogP contribution in [0.3, 0.4) is 0 Å². The van der Waals surface area contributed by atoms with Gasteiger partial charge in [-0.1, -0.05) is 11.6 Å². The zero-order chi connectivity index (χ0) is 31.2. The molecule has 5 N–H and O–H groups in total. The third kappa shape index (κ3) is 8.64. The molecular formula is C26H30ClF3N2O9S. The number of aliphatic hydroxyl groups excluding tert-OH is 4. The number of alkyl halides is 3. The number of carboxylic acids is 1. The van der Waals surface area contributed by atoms with Crippen LogP contribution in [-0.2, 0) is 16.0 Å². The molecule has 4 rings (SSSR count). The minimum atomic E-state index is -5.08. The lowest BCUT2D eigenvalue weighted by Crippen LogP contribution is -2.55. The molecule has 0 aliphatic carbocycles. The van der Waals surface area contributed by atoms with Gasteiger partial charge in [-0.3, -0.25) is 0 Å². The molecule has 0 unspecified atom stereocenters. The van der Waals surface area contributed by atoms with Crippen molar-refractivity contribution in [2.75, 3.05) is 33.9 Å². The molecule has 0 bridgehead atoms. The van der Waals surface area contributed by atoms with E-state index in [1.54, 1.807) is 24.6 Å². The van der Waals surface area contributed by atoms with Gasteiger partial charge in [0.1, 0.15) is 48.6 Å². The molecule has 3 aromatic rings. The molecule has 5 atom stereocenters. The standard InChI is InChI=1S/C24H29ClN2O7S.C2HF3O2/c1-27(2)5-7-33-17-10-15(25)13(9-20-26-11-19(35-20)16-4-3-6-32-16)8-14(17)24-23(31)22(30)21(29)18(12-28)34-24;3-2(4,5)1(6)7/h3-4,6,8,10-11,18,21-24,28-31H,5,7,9,12H2,1-2H3;(H,6,7)/t18-,21-,22+,23-,24+;/m1./s1. The second-order valence-electron chi connectivity index (χ2n) is 9.46. The Kier molecular flexibility index (Phi) is 11.7. The third-order valence-electron chi connectivity index (χ3n) is 6.08. The van der Waals surface area contributed by atoms with E-state index >= 15 is 0 Å². The lowest BCUT2D eigenvalue weighted by atomic mass is 9.90. The van der Waals surface area contributed by atoms with E-state index in [4.69, 9.17) is 35.4 Å². The van der Waals surface area contributed by atoms with E-state index < -0.39 is 49.3 Å². The summed E-state index contributed by atoms with van der Waals surface area (Å²) in [7, 11) is 3.84. The zero-order valence-corrected chi connectivity index (χ0v) is 23.9. The number of halogens is 4. The van der Waals surface area contributed by atoms with Crippen LogP contribution in [0.25, 0.3) is 10.6 Å². The van der Waals surface area contributed by atoms with Crippen LogP contribution in [-0.4, -0.2) is 106 Å². The lowest BCUT2D eigenvalue weighted by Gasteiger charge is -2.40. The largest absolute Gasteiger partial charge is 0.492 e. The van der Waals surface area contributed by atoms with E-state index in [9.17, 15) is 33.6 Å². The molecule has 1 saturated heterocycles. The van der Waals surface area contributed by atoms with E-state index in [0.29, 0.717) is 35.9 Å². The third-order valence-corrected chi connectivity index (χ3v) is 7.44. The number of furan rings is 1. The van der Waals surface area contributed by atoms with Crippen LogP contribution in [0.5, 0.6) is 5.75 Å². The molecule has 11 nitrogen and oxygen atoms in total. The van der Waals surface area contributed by atoms with Gasteiger partial charge in [-0.2, -0.15) is 13.2 Å². The molecule has 1 aliphatic heterocycles. The highest BCUT2D eigenvalue weighted by atomic mass is 35.5. The molecule has 2 aromatic heterocycles. The monoisotopic (exact) mass is 638 g/mol. The Morgan fingerprint density at radius 1 is 1.19 bits per heavy atom. The summed E-state index contributed by atoms with van der Waals surface area (Å²) in [5.74, 6) is -1.64. The number of nitrogens with zero attached hydrogens (tertiary/aromatic N) is 2. The number of likely N-dealkylation sites (N-methyl/N-ethyl adjacent to an activating group) is 1. The molecule has 0 amide bonds. The maximum Gasteiger partial charge on any atom is 0.490 e.